The van der Waals surface area contributed by atoms with Crippen LogP contribution in [0, 0.1) is 5.82 Å². The summed E-state index contributed by atoms with van der Waals surface area (Å²) in [5.74, 6) is 0.444. The van der Waals surface area contributed by atoms with Gasteiger partial charge in [0.05, 0.1) is 5.69 Å². The summed E-state index contributed by atoms with van der Waals surface area (Å²) < 4.78 is 18.3. The maximum atomic E-state index is 12.9. The molecular formula is C17H19FN4O2. The number of nitrogens with zero attached hydrogens (tertiary/aromatic N) is 3. The number of anilines is 1. The number of halogens is 1. The second-order valence-corrected chi connectivity index (χ2v) is 5.76. The third-order valence-corrected chi connectivity index (χ3v) is 4.06. The van der Waals surface area contributed by atoms with E-state index in [2.05, 4.69) is 9.97 Å². The number of hydrogen-bond donors (Lipinski definition) is 1. The minimum absolute atomic E-state index is 0.0652. The van der Waals surface area contributed by atoms with E-state index < -0.39 is 0 Å². The molecule has 0 bridgehead atoms. The van der Waals surface area contributed by atoms with E-state index in [4.69, 9.17) is 10.5 Å². The van der Waals surface area contributed by atoms with Crippen LogP contribution in [0.5, 0.6) is 5.75 Å². The lowest BCUT2D eigenvalue weighted by atomic mass is 9.94. The molecule has 3 rings (SSSR count). The number of ether oxygens (including phenoxy) is 1. The molecule has 0 saturated carbocycles. The lowest BCUT2D eigenvalue weighted by molar-refractivity contribution is -0.134. The predicted molar refractivity (Wildman–Crippen MR) is 86.9 cm³/mol. The van der Waals surface area contributed by atoms with E-state index in [1.54, 1.807) is 11.1 Å². The maximum absolute atomic E-state index is 12.9. The Morgan fingerprint density at radius 3 is 2.88 bits per heavy atom. The largest absolute Gasteiger partial charge is 0.484 e. The standard InChI is InChI=1S/C17H19FN4O2/c18-13-3-5-14(6-4-13)24-11-16(23)22-9-1-2-12(10-22)15-7-8-20-17(19)21-15/h3-8,12H,1-2,9-11H2,(H2,19,20,21)/t12-/m0/s1. The van der Waals surface area contributed by atoms with Gasteiger partial charge in [-0.3, -0.25) is 4.79 Å². The predicted octanol–water partition coefficient (Wildman–Crippen LogP) is 1.98. The number of carbonyl (C=O) groups is 1. The molecule has 2 aromatic rings. The molecule has 1 aromatic carbocycles. The van der Waals surface area contributed by atoms with Gasteiger partial charge in [-0.1, -0.05) is 0 Å². The van der Waals surface area contributed by atoms with Crippen LogP contribution in [0.2, 0.25) is 0 Å². The van der Waals surface area contributed by atoms with E-state index in [-0.39, 0.29) is 30.2 Å². The number of benzene rings is 1. The monoisotopic (exact) mass is 330 g/mol. The van der Waals surface area contributed by atoms with Gasteiger partial charge in [0.15, 0.2) is 6.61 Å². The molecule has 1 fully saturated rings. The molecule has 0 spiro atoms. The average molecular weight is 330 g/mol. The van der Waals surface area contributed by atoms with E-state index in [0.717, 1.165) is 18.5 Å². The molecule has 0 radical (unpaired) electrons. The zero-order valence-corrected chi connectivity index (χ0v) is 13.2. The highest BCUT2D eigenvalue weighted by molar-refractivity contribution is 5.78. The SMILES string of the molecule is Nc1nccc([C@H]2CCCN(C(=O)COc3ccc(F)cc3)C2)n1. The molecule has 1 atom stereocenters. The Morgan fingerprint density at radius 2 is 2.12 bits per heavy atom. The second kappa shape index (κ2) is 7.25. The maximum Gasteiger partial charge on any atom is 0.260 e. The third kappa shape index (κ3) is 3.98. The molecular weight excluding hydrogens is 311 g/mol. The van der Waals surface area contributed by atoms with Crippen molar-refractivity contribution in [1.29, 1.82) is 0 Å². The molecule has 1 aliphatic heterocycles. The number of hydrogen-bond acceptors (Lipinski definition) is 5. The van der Waals surface area contributed by atoms with Crippen LogP contribution < -0.4 is 10.5 Å². The van der Waals surface area contributed by atoms with Gasteiger partial charge < -0.3 is 15.4 Å². The Labute approximate surface area is 139 Å². The van der Waals surface area contributed by atoms with E-state index in [9.17, 15) is 9.18 Å². The first-order chi connectivity index (χ1) is 11.6. The van der Waals surface area contributed by atoms with Crippen molar-refractivity contribution in [1.82, 2.24) is 14.9 Å². The zero-order valence-electron chi connectivity index (χ0n) is 13.2. The van der Waals surface area contributed by atoms with Crippen LogP contribution in [0.15, 0.2) is 36.5 Å². The summed E-state index contributed by atoms with van der Waals surface area (Å²) in [6.45, 7) is 1.22. The number of nitrogens with two attached hydrogens (primary N) is 1. The van der Waals surface area contributed by atoms with E-state index >= 15 is 0 Å². The fourth-order valence-corrected chi connectivity index (χ4v) is 2.83. The van der Waals surface area contributed by atoms with Crippen molar-refractivity contribution in [2.45, 2.75) is 18.8 Å². The quantitative estimate of drug-likeness (QED) is 0.927. The van der Waals surface area contributed by atoms with Crippen molar-refractivity contribution >= 4 is 11.9 Å². The van der Waals surface area contributed by atoms with Gasteiger partial charge in [0, 0.05) is 25.2 Å². The zero-order chi connectivity index (χ0) is 16.9. The first-order valence-electron chi connectivity index (χ1n) is 7.86. The van der Waals surface area contributed by atoms with Crippen LogP contribution in [0.3, 0.4) is 0 Å². The molecule has 0 aliphatic carbocycles. The molecule has 126 valence electrons. The molecule has 1 saturated heterocycles. The first-order valence-corrected chi connectivity index (χ1v) is 7.86. The lowest BCUT2D eigenvalue weighted by Crippen LogP contribution is -2.41. The molecule has 1 aromatic heterocycles. The average Bonchev–Trinajstić information content (AvgIpc) is 2.61. The van der Waals surface area contributed by atoms with Gasteiger partial charge in [0.1, 0.15) is 11.6 Å². The molecule has 1 amide bonds. The molecule has 1 aliphatic rings. The number of amides is 1. The van der Waals surface area contributed by atoms with Crippen molar-refractivity contribution in [3.63, 3.8) is 0 Å². The molecule has 6 nitrogen and oxygen atoms in total. The van der Waals surface area contributed by atoms with Crippen LogP contribution in [0.25, 0.3) is 0 Å². The minimum Gasteiger partial charge on any atom is -0.484 e. The van der Waals surface area contributed by atoms with Gasteiger partial charge in [-0.05, 0) is 43.2 Å². The minimum atomic E-state index is -0.336. The van der Waals surface area contributed by atoms with Crippen LogP contribution in [-0.4, -0.2) is 40.5 Å². The number of nitrogen functional groups attached to an aromatic ring is 1. The Morgan fingerprint density at radius 1 is 1.33 bits per heavy atom. The topological polar surface area (TPSA) is 81.3 Å². The summed E-state index contributed by atoms with van der Waals surface area (Å²) in [4.78, 5) is 22.3. The van der Waals surface area contributed by atoms with Crippen LogP contribution in [0.4, 0.5) is 10.3 Å². The van der Waals surface area contributed by atoms with E-state index in [1.165, 1.54) is 24.3 Å². The molecule has 24 heavy (non-hydrogen) atoms. The summed E-state index contributed by atoms with van der Waals surface area (Å²) in [6, 6.07) is 7.45. The number of aromatic nitrogens is 2. The second-order valence-electron chi connectivity index (χ2n) is 5.76. The van der Waals surface area contributed by atoms with Gasteiger partial charge in [0.2, 0.25) is 5.95 Å². The normalized spacial score (nSPS) is 17.5. The molecule has 2 heterocycles. The molecule has 2 N–H and O–H groups in total. The number of rotatable bonds is 4. The van der Waals surface area contributed by atoms with Crippen molar-refractivity contribution in [3.8, 4) is 5.75 Å². The van der Waals surface area contributed by atoms with Gasteiger partial charge >= 0.3 is 0 Å². The van der Waals surface area contributed by atoms with Crippen molar-refractivity contribution in [2.75, 3.05) is 25.4 Å². The summed E-state index contributed by atoms with van der Waals surface area (Å²) >= 11 is 0. The summed E-state index contributed by atoms with van der Waals surface area (Å²) in [6.07, 6.45) is 3.49. The van der Waals surface area contributed by atoms with Gasteiger partial charge in [-0.2, -0.15) is 0 Å². The molecule has 7 heteroatoms. The Hall–Kier alpha value is -2.70. The highest BCUT2D eigenvalue weighted by Gasteiger charge is 2.26. The van der Waals surface area contributed by atoms with E-state index in [1.807, 2.05) is 6.07 Å². The van der Waals surface area contributed by atoms with Crippen molar-refractivity contribution < 1.29 is 13.9 Å². The Kier molecular flexibility index (Phi) is 4.88. The fourth-order valence-electron chi connectivity index (χ4n) is 2.83. The number of piperidine rings is 1. The number of likely N-dealkylation sites (tertiary alicyclic amines) is 1. The third-order valence-electron chi connectivity index (χ3n) is 4.06. The molecule has 0 unspecified atom stereocenters. The van der Waals surface area contributed by atoms with Gasteiger partial charge in [0.25, 0.3) is 5.91 Å². The number of carbonyl (C=O) groups excluding carboxylic acids is 1. The van der Waals surface area contributed by atoms with Crippen molar-refractivity contribution in [3.05, 3.63) is 48.0 Å². The smallest absolute Gasteiger partial charge is 0.260 e. The van der Waals surface area contributed by atoms with Crippen LogP contribution in [0.1, 0.15) is 24.5 Å². The van der Waals surface area contributed by atoms with Gasteiger partial charge in [-0.15, -0.1) is 0 Å². The summed E-state index contributed by atoms with van der Waals surface area (Å²) in [5, 5.41) is 0. The van der Waals surface area contributed by atoms with E-state index in [0.29, 0.717) is 18.8 Å². The van der Waals surface area contributed by atoms with Gasteiger partial charge in [-0.25, -0.2) is 14.4 Å². The lowest BCUT2D eigenvalue weighted by Gasteiger charge is -2.32. The highest BCUT2D eigenvalue weighted by Crippen LogP contribution is 2.25. The highest BCUT2D eigenvalue weighted by atomic mass is 19.1. The first kappa shape index (κ1) is 16.2. The van der Waals surface area contributed by atoms with Crippen LogP contribution in [-0.2, 0) is 4.79 Å². The van der Waals surface area contributed by atoms with Crippen molar-refractivity contribution in [2.24, 2.45) is 0 Å². The Balaban J connectivity index is 1.57. The summed E-state index contributed by atoms with van der Waals surface area (Å²) in [7, 11) is 0. The fraction of sp³-hybridized carbons (Fsp3) is 0.353. The van der Waals surface area contributed by atoms with Crippen LogP contribution >= 0.6 is 0 Å². The Bertz CT molecular complexity index is 708. The summed E-state index contributed by atoms with van der Waals surface area (Å²) in [5.41, 5.74) is 6.49.